The number of ether oxygens (including phenoxy) is 1. The Kier molecular flexibility index (Phi) is 9.87. The molecular weight excluding hydrogens is 612 g/mol. The van der Waals surface area contributed by atoms with E-state index in [1.807, 2.05) is 0 Å². The number of nitrogens with one attached hydrogen (secondary N) is 2. The van der Waals surface area contributed by atoms with Crippen molar-refractivity contribution in [2.45, 2.75) is 35.0 Å². The van der Waals surface area contributed by atoms with Crippen molar-refractivity contribution in [2.75, 3.05) is 13.1 Å². The minimum atomic E-state index is -5.36. The Hall–Kier alpha value is -3.36. The van der Waals surface area contributed by atoms with Crippen LogP contribution >= 0.6 is 0 Å². The highest BCUT2D eigenvalue weighted by atomic mass is 32.2. The van der Waals surface area contributed by atoms with E-state index < -0.39 is 109 Å². The second-order valence-electron chi connectivity index (χ2n) is 7.61. The zero-order valence-corrected chi connectivity index (χ0v) is 21.0. The number of aromatic carboxylic acids is 1. The molecular formula is C20H16F8N2O8S2. The molecule has 0 unspecified atom stereocenters. The van der Waals surface area contributed by atoms with Gasteiger partial charge in [0, 0.05) is 13.1 Å². The van der Waals surface area contributed by atoms with E-state index in [1.165, 1.54) is 9.44 Å². The molecule has 40 heavy (non-hydrogen) atoms. The largest absolute Gasteiger partial charge is 0.478 e. The summed E-state index contributed by atoms with van der Waals surface area (Å²) in [6.45, 7) is -2.60. The van der Waals surface area contributed by atoms with Gasteiger partial charge in [-0.15, -0.1) is 0 Å². The number of benzene rings is 2. The SMILES string of the molecule is O=C(Oc1c(F)ccc(C(=O)O)c1S(=O)(=O)NCCC(F)(F)F)c1ccc(F)cc1S(=O)(=O)NCCC(F)(F)F. The third-order valence-electron chi connectivity index (χ3n) is 4.61. The Balaban J connectivity index is 2.57. The highest BCUT2D eigenvalue weighted by Gasteiger charge is 2.35. The monoisotopic (exact) mass is 628 g/mol. The van der Waals surface area contributed by atoms with E-state index in [9.17, 15) is 66.7 Å². The average Bonchev–Trinajstić information content (AvgIpc) is 2.77. The number of hydrogen-bond acceptors (Lipinski definition) is 7. The lowest BCUT2D eigenvalue weighted by molar-refractivity contribution is -0.133. The summed E-state index contributed by atoms with van der Waals surface area (Å²) in [5.74, 6) is -8.76. The number of carbonyl (C=O) groups is 2. The van der Waals surface area contributed by atoms with Gasteiger partial charge in [-0.3, -0.25) is 0 Å². The summed E-state index contributed by atoms with van der Waals surface area (Å²) < 4.78 is 161. The van der Waals surface area contributed by atoms with E-state index in [4.69, 9.17) is 0 Å². The Morgan fingerprint density at radius 1 is 0.800 bits per heavy atom. The van der Waals surface area contributed by atoms with Gasteiger partial charge in [-0.2, -0.15) is 26.3 Å². The normalized spacial score (nSPS) is 12.8. The first kappa shape index (κ1) is 32.8. The molecule has 2 aromatic rings. The van der Waals surface area contributed by atoms with Gasteiger partial charge < -0.3 is 9.84 Å². The predicted octanol–water partition coefficient (Wildman–Crippen LogP) is 3.34. The van der Waals surface area contributed by atoms with Crippen LogP contribution in [0.2, 0.25) is 0 Å². The maximum Gasteiger partial charge on any atom is 0.390 e. The van der Waals surface area contributed by atoms with Gasteiger partial charge in [0.15, 0.2) is 11.6 Å². The molecule has 0 heterocycles. The highest BCUT2D eigenvalue weighted by Crippen LogP contribution is 2.33. The number of carboxylic acid groups (broad SMARTS) is 1. The fourth-order valence-corrected chi connectivity index (χ4v) is 5.49. The molecule has 0 aliphatic carbocycles. The summed E-state index contributed by atoms with van der Waals surface area (Å²) in [5.41, 5.74) is -2.43. The van der Waals surface area contributed by atoms with Gasteiger partial charge in [-0.1, -0.05) is 0 Å². The van der Waals surface area contributed by atoms with E-state index in [1.54, 1.807) is 0 Å². The maximum atomic E-state index is 14.6. The lowest BCUT2D eigenvalue weighted by atomic mass is 10.2. The number of halogens is 8. The zero-order valence-electron chi connectivity index (χ0n) is 19.4. The summed E-state index contributed by atoms with van der Waals surface area (Å²) >= 11 is 0. The fraction of sp³-hybridized carbons (Fsp3) is 0.300. The van der Waals surface area contributed by atoms with Crippen molar-refractivity contribution in [3.05, 3.63) is 53.1 Å². The summed E-state index contributed by atoms with van der Waals surface area (Å²) in [5, 5.41) is 9.33. The first-order valence-electron chi connectivity index (χ1n) is 10.3. The van der Waals surface area contributed by atoms with Crippen molar-refractivity contribution in [3.8, 4) is 5.75 Å². The van der Waals surface area contributed by atoms with Gasteiger partial charge in [0.1, 0.15) is 10.7 Å². The van der Waals surface area contributed by atoms with Crippen LogP contribution in [0.3, 0.4) is 0 Å². The van der Waals surface area contributed by atoms with E-state index in [-0.39, 0.29) is 6.07 Å². The fourth-order valence-electron chi connectivity index (χ4n) is 2.91. The van der Waals surface area contributed by atoms with Gasteiger partial charge in [-0.25, -0.2) is 44.6 Å². The third kappa shape index (κ3) is 8.83. The average molecular weight is 628 g/mol. The van der Waals surface area contributed by atoms with Crippen LogP contribution in [0.1, 0.15) is 33.6 Å². The smallest absolute Gasteiger partial charge is 0.390 e. The standard InChI is InChI=1S/C20H16F8N2O8S2/c21-10-1-2-11(14(9-10)39(34,35)29-7-5-19(23,24)25)18(33)38-15-13(22)4-3-12(17(31)32)16(15)40(36,37)30-8-6-20(26,27)28/h1-4,9,29-30H,5-8H2,(H,31,32). The zero-order chi connectivity index (χ0) is 30.7. The third-order valence-corrected chi connectivity index (χ3v) is 7.64. The lowest BCUT2D eigenvalue weighted by Gasteiger charge is -2.16. The van der Waals surface area contributed by atoms with E-state index in [0.29, 0.717) is 24.3 Å². The highest BCUT2D eigenvalue weighted by molar-refractivity contribution is 7.90. The Labute approximate surface area is 220 Å². The molecule has 0 aliphatic heterocycles. The van der Waals surface area contributed by atoms with Gasteiger partial charge in [-0.05, 0) is 30.3 Å². The summed E-state index contributed by atoms with van der Waals surface area (Å²) in [6, 6.07) is 1.77. The van der Waals surface area contributed by atoms with Gasteiger partial charge >= 0.3 is 24.3 Å². The maximum absolute atomic E-state index is 14.6. The molecule has 3 N–H and O–H groups in total. The summed E-state index contributed by atoms with van der Waals surface area (Å²) in [6.07, 6.45) is -13.1. The molecule has 0 radical (unpaired) electrons. The van der Waals surface area contributed by atoms with E-state index in [0.717, 1.165) is 0 Å². The minimum Gasteiger partial charge on any atom is -0.478 e. The van der Waals surface area contributed by atoms with Crippen LogP contribution in [-0.4, -0.2) is 59.3 Å². The number of alkyl halides is 6. The minimum absolute atomic E-state index is 0.174. The van der Waals surface area contributed by atoms with Crippen molar-refractivity contribution in [2.24, 2.45) is 0 Å². The molecule has 2 aromatic carbocycles. The number of hydrogen-bond donors (Lipinski definition) is 3. The van der Waals surface area contributed by atoms with Crippen molar-refractivity contribution in [1.82, 2.24) is 9.44 Å². The molecule has 0 spiro atoms. The van der Waals surface area contributed by atoms with E-state index in [2.05, 4.69) is 4.74 Å². The number of esters is 1. The van der Waals surface area contributed by atoms with Crippen molar-refractivity contribution in [1.29, 1.82) is 0 Å². The van der Waals surface area contributed by atoms with Crippen molar-refractivity contribution in [3.63, 3.8) is 0 Å². The van der Waals surface area contributed by atoms with Crippen LogP contribution in [0.15, 0.2) is 40.1 Å². The van der Waals surface area contributed by atoms with Gasteiger partial charge in [0.25, 0.3) is 0 Å². The number of carboxylic acids is 1. The topological polar surface area (TPSA) is 156 Å². The Bertz CT molecular complexity index is 1510. The molecule has 0 fully saturated rings. The predicted molar refractivity (Wildman–Crippen MR) is 116 cm³/mol. The van der Waals surface area contributed by atoms with E-state index >= 15 is 0 Å². The molecule has 0 bridgehead atoms. The number of sulfonamides is 2. The van der Waals surface area contributed by atoms with Crippen LogP contribution in [-0.2, 0) is 20.0 Å². The molecule has 10 nitrogen and oxygen atoms in total. The van der Waals surface area contributed by atoms with Crippen molar-refractivity contribution < 1.29 is 71.4 Å². The number of rotatable bonds is 11. The first-order valence-corrected chi connectivity index (χ1v) is 13.3. The molecule has 0 aliphatic rings. The van der Waals surface area contributed by atoms with Crippen LogP contribution in [0.25, 0.3) is 0 Å². The quantitative estimate of drug-likeness (QED) is 0.194. The molecule has 0 atom stereocenters. The molecule has 0 saturated carbocycles. The second-order valence-corrected chi connectivity index (χ2v) is 11.1. The van der Waals surface area contributed by atoms with Gasteiger partial charge in [0.05, 0.1) is 28.9 Å². The van der Waals surface area contributed by atoms with Crippen LogP contribution < -0.4 is 14.2 Å². The van der Waals surface area contributed by atoms with Crippen LogP contribution in [0.4, 0.5) is 35.1 Å². The molecule has 0 saturated heterocycles. The Morgan fingerprint density at radius 3 is 1.80 bits per heavy atom. The van der Waals surface area contributed by atoms with Crippen molar-refractivity contribution >= 4 is 32.0 Å². The summed E-state index contributed by atoms with van der Waals surface area (Å²) in [7, 11) is -10.4. The summed E-state index contributed by atoms with van der Waals surface area (Å²) in [4.78, 5) is 21.4. The molecule has 20 heteroatoms. The first-order chi connectivity index (χ1) is 18.1. The molecule has 2 rings (SSSR count). The molecule has 0 amide bonds. The van der Waals surface area contributed by atoms with Crippen LogP contribution in [0.5, 0.6) is 5.75 Å². The number of carbonyl (C=O) groups excluding carboxylic acids is 1. The molecule has 222 valence electrons. The van der Waals surface area contributed by atoms with Gasteiger partial charge in [0.2, 0.25) is 20.0 Å². The second kappa shape index (κ2) is 12.0. The lowest BCUT2D eigenvalue weighted by Crippen LogP contribution is -2.31. The van der Waals surface area contributed by atoms with Crippen LogP contribution in [0, 0.1) is 11.6 Å². The molecule has 0 aromatic heterocycles. The Morgan fingerprint density at radius 2 is 1.30 bits per heavy atom.